The van der Waals surface area contributed by atoms with Gasteiger partial charge in [-0.25, -0.2) is 9.38 Å². The first-order chi connectivity index (χ1) is 13.1. The molecule has 2 heterocycles. The number of aromatic nitrogens is 1. The number of hydrogen-bond donors (Lipinski definition) is 1. The minimum absolute atomic E-state index is 0.00482. The summed E-state index contributed by atoms with van der Waals surface area (Å²) in [6, 6.07) is 9.45. The van der Waals surface area contributed by atoms with E-state index in [2.05, 4.69) is 52.2 Å². The molecule has 0 bridgehead atoms. The Morgan fingerprint density at radius 1 is 1.37 bits per heavy atom. The molecule has 1 saturated heterocycles. The lowest BCUT2D eigenvalue weighted by molar-refractivity contribution is -0.00834. The van der Waals surface area contributed by atoms with Crippen molar-refractivity contribution in [2.75, 3.05) is 26.2 Å². The molecule has 1 aromatic heterocycles. The lowest BCUT2D eigenvalue weighted by Gasteiger charge is -2.36. The molecule has 1 aromatic carbocycles. The van der Waals surface area contributed by atoms with Gasteiger partial charge in [-0.2, -0.15) is 0 Å². The van der Waals surface area contributed by atoms with Crippen LogP contribution in [0.15, 0.2) is 41.5 Å². The molecule has 0 aliphatic carbocycles. The van der Waals surface area contributed by atoms with Crippen molar-refractivity contribution in [2.24, 2.45) is 4.99 Å². The zero-order chi connectivity index (χ0) is 19.2. The maximum Gasteiger partial charge on any atom is 0.194 e. The van der Waals surface area contributed by atoms with Crippen LogP contribution < -0.4 is 5.32 Å². The van der Waals surface area contributed by atoms with Gasteiger partial charge in [0.05, 0.1) is 25.4 Å². The minimum atomic E-state index is -0.327. The average Bonchev–Trinajstić information content (AvgIpc) is 2.66. The minimum Gasteiger partial charge on any atom is -0.370 e. The summed E-state index contributed by atoms with van der Waals surface area (Å²) in [5.41, 5.74) is 4.04. The van der Waals surface area contributed by atoms with Gasteiger partial charge in [0.25, 0.3) is 0 Å². The maximum atomic E-state index is 13.8. The summed E-state index contributed by atoms with van der Waals surface area (Å²) >= 11 is 0. The molecule has 6 heteroatoms. The van der Waals surface area contributed by atoms with Gasteiger partial charge in [-0.1, -0.05) is 23.8 Å². The molecule has 27 heavy (non-hydrogen) atoms. The van der Waals surface area contributed by atoms with E-state index in [1.165, 1.54) is 22.8 Å². The van der Waals surface area contributed by atoms with Gasteiger partial charge in [0.1, 0.15) is 11.9 Å². The number of aliphatic imine (C=N–C) groups is 1. The van der Waals surface area contributed by atoms with Gasteiger partial charge >= 0.3 is 0 Å². The number of halogens is 1. The summed E-state index contributed by atoms with van der Waals surface area (Å²) in [5.74, 6) is 0.438. The van der Waals surface area contributed by atoms with Crippen molar-refractivity contribution in [1.29, 1.82) is 0 Å². The SMILES string of the molecule is CCNC(=NCc1ncccc1F)N1CCOC(c2ccc(C)cc2C)C1. The third kappa shape index (κ3) is 4.83. The molecule has 0 spiro atoms. The summed E-state index contributed by atoms with van der Waals surface area (Å²) in [6.07, 6.45) is 1.58. The van der Waals surface area contributed by atoms with Gasteiger partial charge < -0.3 is 15.0 Å². The number of hydrogen-bond acceptors (Lipinski definition) is 3. The third-order valence-electron chi connectivity index (χ3n) is 4.69. The molecular formula is C21H27FN4O. The highest BCUT2D eigenvalue weighted by Crippen LogP contribution is 2.26. The van der Waals surface area contributed by atoms with Crippen LogP contribution in [0.3, 0.4) is 0 Å². The number of guanidine groups is 1. The molecule has 1 atom stereocenters. The fourth-order valence-electron chi connectivity index (χ4n) is 3.33. The third-order valence-corrected chi connectivity index (χ3v) is 4.69. The average molecular weight is 370 g/mol. The molecule has 144 valence electrons. The van der Waals surface area contributed by atoms with Crippen molar-refractivity contribution in [3.63, 3.8) is 0 Å². The lowest BCUT2D eigenvalue weighted by atomic mass is 10.00. The second-order valence-corrected chi connectivity index (χ2v) is 6.77. The lowest BCUT2D eigenvalue weighted by Crippen LogP contribution is -2.48. The van der Waals surface area contributed by atoms with E-state index in [0.717, 1.165) is 19.0 Å². The van der Waals surface area contributed by atoms with Crippen LogP contribution in [-0.2, 0) is 11.3 Å². The van der Waals surface area contributed by atoms with Crippen molar-refractivity contribution in [3.8, 4) is 0 Å². The molecule has 0 radical (unpaired) electrons. The highest BCUT2D eigenvalue weighted by atomic mass is 19.1. The van der Waals surface area contributed by atoms with Gasteiger partial charge in [0, 0.05) is 19.3 Å². The summed E-state index contributed by atoms with van der Waals surface area (Å²) in [4.78, 5) is 10.9. The van der Waals surface area contributed by atoms with E-state index in [1.807, 2.05) is 6.92 Å². The number of aryl methyl sites for hydroxylation is 2. The van der Waals surface area contributed by atoms with E-state index >= 15 is 0 Å². The Hall–Kier alpha value is -2.47. The fourth-order valence-corrected chi connectivity index (χ4v) is 3.33. The van der Waals surface area contributed by atoms with Crippen LogP contribution in [0.5, 0.6) is 0 Å². The van der Waals surface area contributed by atoms with Crippen LogP contribution in [0, 0.1) is 19.7 Å². The Morgan fingerprint density at radius 2 is 2.22 bits per heavy atom. The number of rotatable bonds is 4. The van der Waals surface area contributed by atoms with Gasteiger partial charge in [0.15, 0.2) is 5.96 Å². The molecule has 0 saturated carbocycles. The monoisotopic (exact) mass is 370 g/mol. The van der Waals surface area contributed by atoms with Gasteiger partial charge in [-0.15, -0.1) is 0 Å². The normalized spacial score (nSPS) is 17.9. The van der Waals surface area contributed by atoms with Crippen LogP contribution in [0.4, 0.5) is 4.39 Å². The van der Waals surface area contributed by atoms with Crippen molar-refractivity contribution in [2.45, 2.75) is 33.4 Å². The molecule has 2 aromatic rings. The van der Waals surface area contributed by atoms with Crippen LogP contribution in [-0.4, -0.2) is 42.1 Å². The highest BCUT2D eigenvalue weighted by Gasteiger charge is 2.25. The molecule has 1 aliphatic rings. The van der Waals surface area contributed by atoms with Gasteiger partial charge in [-0.05, 0) is 44.0 Å². The Bertz CT molecular complexity index is 809. The van der Waals surface area contributed by atoms with E-state index in [1.54, 1.807) is 12.3 Å². The Labute approximate surface area is 160 Å². The fraction of sp³-hybridized carbons (Fsp3) is 0.429. The van der Waals surface area contributed by atoms with E-state index in [4.69, 9.17) is 4.74 Å². The molecular weight excluding hydrogens is 343 g/mol. The Morgan fingerprint density at radius 3 is 2.96 bits per heavy atom. The quantitative estimate of drug-likeness (QED) is 0.662. The molecule has 3 rings (SSSR count). The second-order valence-electron chi connectivity index (χ2n) is 6.77. The molecule has 5 nitrogen and oxygen atoms in total. The number of ether oxygens (including phenoxy) is 1. The van der Waals surface area contributed by atoms with Crippen molar-refractivity contribution >= 4 is 5.96 Å². The van der Waals surface area contributed by atoms with Crippen molar-refractivity contribution in [1.82, 2.24) is 15.2 Å². The first-order valence-electron chi connectivity index (χ1n) is 9.40. The Balaban J connectivity index is 1.76. The first kappa shape index (κ1) is 19.3. The highest BCUT2D eigenvalue weighted by molar-refractivity contribution is 5.80. The van der Waals surface area contributed by atoms with E-state index in [-0.39, 0.29) is 18.5 Å². The summed E-state index contributed by atoms with van der Waals surface area (Å²) in [5, 5.41) is 3.31. The number of nitrogens with one attached hydrogen (secondary N) is 1. The van der Waals surface area contributed by atoms with Crippen LogP contribution in [0.2, 0.25) is 0 Å². The summed E-state index contributed by atoms with van der Waals surface area (Å²) in [6.45, 7) is 9.28. The predicted molar refractivity (Wildman–Crippen MR) is 105 cm³/mol. The Kier molecular flexibility index (Phi) is 6.40. The number of nitrogens with zero attached hydrogens (tertiary/aromatic N) is 3. The zero-order valence-electron chi connectivity index (χ0n) is 16.2. The summed E-state index contributed by atoms with van der Waals surface area (Å²) in [7, 11) is 0. The van der Waals surface area contributed by atoms with Crippen LogP contribution in [0.25, 0.3) is 0 Å². The van der Waals surface area contributed by atoms with Crippen LogP contribution >= 0.6 is 0 Å². The topological polar surface area (TPSA) is 49.8 Å². The van der Waals surface area contributed by atoms with E-state index in [9.17, 15) is 4.39 Å². The predicted octanol–water partition coefficient (Wildman–Crippen LogP) is 3.38. The maximum absolute atomic E-state index is 13.8. The standard InChI is InChI=1S/C21H27FN4O/c1-4-23-21(25-13-19-18(22)6-5-9-24-19)26-10-11-27-20(14-26)17-8-7-15(2)12-16(17)3/h5-9,12,20H,4,10-11,13-14H2,1-3H3,(H,23,25). The molecule has 1 N–H and O–H groups in total. The van der Waals surface area contributed by atoms with E-state index < -0.39 is 0 Å². The number of benzene rings is 1. The van der Waals surface area contributed by atoms with Crippen LogP contribution in [0.1, 0.15) is 35.4 Å². The summed E-state index contributed by atoms with van der Waals surface area (Å²) < 4.78 is 19.9. The molecule has 1 aliphatic heterocycles. The smallest absolute Gasteiger partial charge is 0.194 e. The van der Waals surface area contributed by atoms with Gasteiger partial charge in [0.2, 0.25) is 0 Å². The van der Waals surface area contributed by atoms with Crippen molar-refractivity contribution in [3.05, 3.63) is 64.7 Å². The van der Waals surface area contributed by atoms with Gasteiger partial charge in [-0.3, -0.25) is 4.98 Å². The largest absolute Gasteiger partial charge is 0.370 e. The zero-order valence-corrected chi connectivity index (χ0v) is 16.2. The number of morpholine rings is 1. The number of pyridine rings is 1. The molecule has 1 fully saturated rings. The van der Waals surface area contributed by atoms with E-state index in [0.29, 0.717) is 18.8 Å². The van der Waals surface area contributed by atoms with Crippen molar-refractivity contribution < 1.29 is 9.13 Å². The second kappa shape index (κ2) is 8.95. The molecule has 0 amide bonds. The molecule has 1 unspecified atom stereocenters. The first-order valence-corrected chi connectivity index (χ1v) is 9.40.